The minimum Gasteiger partial charge on any atom is -0.470 e. The van der Waals surface area contributed by atoms with Gasteiger partial charge in [0, 0.05) is 12.1 Å². The first-order valence-electron chi connectivity index (χ1n) is 7.77. The van der Waals surface area contributed by atoms with Gasteiger partial charge in [-0.3, -0.25) is 0 Å². The van der Waals surface area contributed by atoms with E-state index in [9.17, 15) is 0 Å². The van der Waals surface area contributed by atoms with Crippen molar-refractivity contribution in [2.75, 3.05) is 11.2 Å². The summed E-state index contributed by atoms with van der Waals surface area (Å²) in [5.41, 5.74) is 9.63. The van der Waals surface area contributed by atoms with Crippen LogP contribution >= 0.6 is 0 Å². The Morgan fingerprint density at radius 2 is 1.86 bits per heavy atom. The molecule has 0 spiro atoms. The summed E-state index contributed by atoms with van der Waals surface area (Å²) in [5, 5.41) is 2.28. The summed E-state index contributed by atoms with van der Waals surface area (Å²) in [6.07, 6.45) is 3.70. The van der Waals surface area contributed by atoms with Gasteiger partial charge in [0.25, 0.3) is 0 Å². The lowest BCUT2D eigenvalue weighted by Crippen LogP contribution is -2.47. The number of nitrogens with zero attached hydrogens (tertiary/aromatic N) is 2. The number of hydrogen-bond acceptors (Lipinski definition) is 5. The Hall–Kier alpha value is -1.49. The fourth-order valence-corrected chi connectivity index (χ4v) is 2.66. The van der Waals surface area contributed by atoms with Gasteiger partial charge >= 0.3 is 0 Å². The molecule has 1 aliphatic heterocycles. The monoisotopic (exact) mass is 292 g/mol. The van der Waals surface area contributed by atoms with Crippen molar-refractivity contribution < 1.29 is 4.74 Å². The van der Waals surface area contributed by atoms with E-state index in [1.807, 2.05) is 32.9 Å². The van der Waals surface area contributed by atoms with Gasteiger partial charge in [0.1, 0.15) is 11.4 Å². The lowest BCUT2D eigenvalue weighted by Gasteiger charge is -2.39. The van der Waals surface area contributed by atoms with Gasteiger partial charge in [0.2, 0.25) is 5.88 Å². The summed E-state index contributed by atoms with van der Waals surface area (Å²) in [6, 6.07) is 4.74. The summed E-state index contributed by atoms with van der Waals surface area (Å²) < 4.78 is 5.82. The molecule has 1 fully saturated rings. The second-order valence-corrected chi connectivity index (χ2v) is 6.95. The van der Waals surface area contributed by atoms with E-state index >= 15 is 0 Å². The summed E-state index contributed by atoms with van der Waals surface area (Å²) in [5.74, 6) is 1.27. The molecule has 1 aliphatic rings. The number of hydrogen-bond donors (Lipinski definition) is 2. The van der Waals surface area contributed by atoms with Gasteiger partial charge in [0.05, 0.1) is 5.69 Å². The van der Waals surface area contributed by atoms with Gasteiger partial charge in [-0.05, 0) is 59.6 Å². The highest BCUT2D eigenvalue weighted by molar-refractivity contribution is 5.53. The first-order valence-corrected chi connectivity index (χ1v) is 7.77. The van der Waals surface area contributed by atoms with E-state index in [1.165, 1.54) is 19.3 Å². The van der Waals surface area contributed by atoms with Crippen molar-refractivity contribution in [1.29, 1.82) is 0 Å². The molecule has 2 rings (SSSR count). The maximum absolute atomic E-state index is 5.96. The fourth-order valence-electron chi connectivity index (χ4n) is 2.66. The predicted octanol–water partition coefficient (Wildman–Crippen LogP) is 3.43. The Kier molecular flexibility index (Phi) is 4.61. The van der Waals surface area contributed by atoms with Gasteiger partial charge in [0.15, 0.2) is 0 Å². The molecule has 0 amide bonds. The van der Waals surface area contributed by atoms with Gasteiger partial charge in [-0.2, -0.15) is 4.98 Å². The molecule has 0 aliphatic carbocycles. The number of rotatable bonds is 3. The van der Waals surface area contributed by atoms with Crippen molar-refractivity contribution in [3.8, 4) is 5.88 Å². The quantitative estimate of drug-likeness (QED) is 0.893. The minimum atomic E-state index is -0.314. The zero-order valence-electron chi connectivity index (χ0n) is 13.8. The van der Waals surface area contributed by atoms with E-state index < -0.39 is 0 Å². The second kappa shape index (κ2) is 6.10. The Morgan fingerprint density at radius 1 is 1.24 bits per heavy atom. The molecule has 21 heavy (non-hydrogen) atoms. The van der Waals surface area contributed by atoms with E-state index in [-0.39, 0.29) is 5.60 Å². The zero-order chi connectivity index (χ0) is 15.6. The van der Waals surface area contributed by atoms with Crippen LogP contribution in [0.3, 0.4) is 0 Å². The summed E-state index contributed by atoms with van der Waals surface area (Å²) >= 11 is 0. The average Bonchev–Trinajstić information content (AvgIpc) is 2.36. The van der Waals surface area contributed by atoms with Crippen LogP contribution in [0.25, 0.3) is 0 Å². The smallest absolute Gasteiger partial charge is 0.239 e. The Labute approximate surface area is 127 Å². The number of piperidine rings is 1. The van der Waals surface area contributed by atoms with Crippen LogP contribution in [0.2, 0.25) is 0 Å². The second-order valence-electron chi connectivity index (χ2n) is 6.95. The molecule has 0 bridgehead atoms. The molecule has 1 aromatic rings. The van der Waals surface area contributed by atoms with E-state index in [0.29, 0.717) is 23.7 Å². The topological polar surface area (TPSA) is 63.4 Å². The molecule has 2 atom stereocenters. The number of aromatic nitrogens is 1. The molecule has 2 unspecified atom stereocenters. The third-order valence-electron chi connectivity index (χ3n) is 3.73. The number of nitrogen functional groups attached to an aromatic ring is 1. The number of anilines is 2. The van der Waals surface area contributed by atoms with Crippen LogP contribution < -0.4 is 15.9 Å². The van der Waals surface area contributed by atoms with Crippen molar-refractivity contribution in [3.63, 3.8) is 0 Å². The Bertz CT molecular complexity index is 474. The molecule has 0 aromatic carbocycles. The Balaban J connectivity index is 2.15. The number of pyridine rings is 1. The molecule has 3 N–H and O–H groups in total. The van der Waals surface area contributed by atoms with Gasteiger partial charge in [-0.15, -0.1) is 0 Å². The van der Waals surface area contributed by atoms with Gasteiger partial charge < -0.3 is 15.9 Å². The van der Waals surface area contributed by atoms with Gasteiger partial charge in [-0.1, -0.05) is 6.42 Å². The summed E-state index contributed by atoms with van der Waals surface area (Å²) in [6.45, 7) is 10.5. The van der Waals surface area contributed by atoms with Crippen molar-refractivity contribution in [2.24, 2.45) is 0 Å². The lowest BCUT2D eigenvalue weighted by atomic mass is 10.00. The lowest BCUT2D eigenvalue weighted by molar-refractivity contribution is 0.123. The molecule has 2 heterocycles. The van der Waals surface area contributed by atoms with Gasteiger partial charge in [-0.25, -0.2) is 5.01 Å². The van der Waals surface area contributed by atoms with Crippen molar-refractivity contribution in [1.82, 2.24) is 9.99 Å². The van der Waals surface area contributed by atoms with Crippen molar-refractivity contribution in [2.45, 2.75) is 71.6 Å². The van der Waals surface area contributed by atoms with Crippen LogP contribution in [0.5, 0.6) is 5.88 Å². The Morgan fingerprint density at radius 3 is 2.43 bits per heavy atom. The molecule has 0 radical (unpaired) electrons. The third kappa shape index (κ3) is 4.24. The number of nitrogens with one attached hydrogen (secondary N) is 1. The normalized spacial score (nSPS) is 23.9. The third-order valence-corrected chi connectivity index (χ3v) is 3.73. The maximum atomic E-state index is 5.96. The standard InChI is InChI=1S/C16H28N4O/c1-11-7-6-8-12(2)20(11)19-14-10-9-13(17)15(18-14)21-16(3,4)5/h9-12H,6-8,17H2,1-5H3,(H,18,19). The van der Waals surface area contributed by atoms with Crippen molar-refractivity contribution >= 4 is 11.5 Å². The summed E-state index contributed by atoms with van der Waals surface area (Å²) in [4.78, 5) is 4.52. The van der Waals surface area contributed by atoms with Crippen LogP contribution in [0, 0.1) is 0 Å². The molecular formula is C16H28N4O. The van der Waals surface area contributed by atoms with E-state index in [1.54, 1.807) is 0 Å². The van der Waals surface area contributed by atoms with E-state index in [4.69, 9.17) is 10.5 Å². The summed E-state index contributed by atoms with van der Waals surface area (Å²) in [7, 11) is 0. The van der Waals surface area contributed by atoms with Crippen LogP contribution in [0.15, 0.2) is 12.1 Å². The highest BCUT2D eigenvalue weighted by Crippen LogP contribution is 2.27. The first-order chi connectivity index (χ1) is 9.76. The molecule has 1 aromatic heterocycles. The number of ether oxygens (including phenoxy) is 1. The molecule has 5 heteroatoms. The van der Waals surface area contributed by atoms with Crippen LogP contribution in [-0.2, 0) is 0 Å². The predicted molar refractivity (Wildman–Crippen MR) is 87.3 cm³/mol. The van der Waals surface area contributed by atoms with Crippen LogP contribution in [0.1, 0.15) is 53.9 Å². The SMILES string of the molecule is CC1CCCC(C)N1Nc1ccc(N)c(OC(C)(C)C)n1. The van der Waals surface area contributed by atoms with E-state index in [0.717, 1.165) is 5.82 Å². The minimum absolute atomic E-state index is 0.314. The van der Waals surface area contributed by atoms with Crippen LogP contribution in [-0.4, -0.2) is 27.7 Å². The first kappa shape index (κ1) is 15.9. The highest BCUT2D eigenvalue weighted by Gasteiger charge is 2.25. The molecule has 0 saturated carbocycles. The largest absolute Gasteiger partial charge is 0.470 e. The molecule has 118 valence electrons. The molecule has 5 nitrogen and oxygen atoms in total. The highest BCUT2D eigenvalue weighted by atomic mass is 16.5. The van der Waals surface area contributed by atoms with Crippen LogP contribution in [0.4, 0.5) is 11.5 Å². The molecular weight excluding hydrogens is 264 g/mol. The number of hydrazine groups is 1. The maximum Gasteiger partial charge on any atom is 0.239 e. The average molecular weight is 292 g/mol. The fraction of sp³-hybridized carbons (Fsp3) is 0.688. The molecule has 1 saturated heterocycles. The van der Waals surface area contributed by atoms with E-state index in [2.05, 4.69) is 29.3 Å². The zero-order valence-corrected chi connectivity index (χ0v) is 13.8. The number of nitrogens with two attached hydrogens (primary N) is 1. The van der Waals surface area contributed by atoms with Crippen molar-refractivity contribution in [3.05, 3.63) is 12.1 Å².